The molecule has 6 nitrogen and oxygen atoms in total. The first kappa shape index (κ1) is 12.0. The lowest BCUT2D eigenvalue weighted by Crippen LogP contribution is -1.88. The minimum Gasteiger partial charge on any atom is -0.340 e. The van der Waals surface area contributed by atoms with E-state index in [1.54, 1.807) is 0 Å². The first-order chi connectivity index (χ1) is 8.11. The third kappa shape index (κ3) is 3.00. The van der Waals surface area contributed by atoms with E-state index in [1.807, 2.05) is 24.3 Å². The summed E-state index contributed by atoms with van der Waals surface area (Å²) >= 11 is 0. The number of aromatic nitrogens is 2. The molecule has 0 radical (unpaired) electrons. The van der Waals surface area contributed by atoms with Gasteiger partial charge >= 0.3 is 7.60 Å². The molecule has 17 heavy (non-hydrogen) atoms. The Balaban J connectivity index is 2.12. The summed E-state index contributed by atoms with van der Waals surface area (Å²) in [5.41, 5.74) is 1.76. The van der Waals surface area contributed by atoms with Crippen LogP contribution in [0, 0.1) is 0 Å². The summed E-state index contributed by atoms with van der Waals surface area (Å²) in [6, 6.07) is 7.58. The predicted octanol–water partition coefficient (Wildman–Crippen LogP) is 1.92. The second-order valence-corrected chi connectivity index (χ2v) is 5.13. The van der Waals surface area contributed by atoms with Gasteiger partial charge in [-0.3, -0.25) is 9.56 Å². The highest BCUT2D eigenvalue weighted by Gasteiger charge is 2.12. The van der Waals surface area contributed by atoms with E-state index < -0.39 is 7.60 Å². The van der Waals surface area contributed by atoms with Gasteiger partial charge in [-0.15, -0.1) is 0 Å². The number of nitrogens with one attached hydrogen (secondary N) is 1. The molecule has 0 fully saturated rings. The van der Waals surface area contributed by atoms with Gasteiger partial charge in [0.25, 0.3) is 0 Å². The zero-order valence-electron chi connectivity index (χ0n) is 9.20. The Kier molecular flexibility index (Phi) is 3.38. The maximum absolute atomic E-state index is 11.1. The number of rotatable bonds is 4. The number of hydrogen-bond donors (Lipinski definition) is 2. The van der Waals surface area contributed by atoms with Crippen LogP contribution >= 0.6 is 7.60 Å². The first-order valence-electron chi connectivity index (χ1n) is 4.93. The lowest BCUT2D eigenvalue weighted by molar-refractivity contribution is 0.332. The van der Waals surface area contributed by atoms with Crippen molar-refractivity contribution < 1.29 is 14.0 Å². The van der Waals surface area contributed by atoms with Crippen LogP contribution in [0.5, 0.6) is 0 Å². The number of aliphatic imine (C=N–C) groups is 1. The average molecular weight is 253 g/mol. The van der Waals surface area contributed by atoms with E-state index in [0.29, 0.717) is 5.82 Å². The van der Waals surface area contributed by atoms with E-state index in [0.717, 1.165) is 24.1 Å². The molecular weight excluding hydrogens is 241 g/mol. The molecule has 0 spiro atoms. The Morgan fingerprint density at radius 1 is 1.59 bits per heavy atom. The molecular formula is C10H12N3O3P. The van der Waals surface area contributed by atoms with E-state index in [9.17, 15) is 4.57 Å². The highest BCUT2D eigenvalue weighted by atomic mass is 31.2. The summed E-state index contributed by atoms with van der Waals surface area (Å²) in [6.07, 6.45) is 0. The van der Waals surface area contributed by atoms with Gasteiger partial charge in [-0.2, -0.15) is 0 Å². The highest BCUT2D eigenvalue weighted by Crippen LogP contribution is 2.36. The van der Waals surface area contributed by atoms with Crippen LogP contribution in [0.4, 0.5) is 0 Å². The van der Waals surface area contributed by atoms with Gasteiger partial charge in [-0.25, -0.2) is 4.98 Å². The van der Waals surface area contributed by atoms with E-state index >= 15 is 0 Å². The van der Waals surface area contributed by atoms with Crippen molar-refractivity contribution >= 4 is 24.6 Å². The number of H-pyrrole nitrogens is 1. The van der Waals surface area contributed by atoms with Gasteiger partial charge in [0.1, 0.15) is 11.8 Å². The van der Waals surface area contributed by atoms with Crippen molar-refractivity contribution in [1.29, 1.82) is 0 Å². The maximum Gasteiger partial charge on any atom is 0.368 e. The molecule has 0 aliphatic carbocycles. The van der Waals surface area contributed by atoms with Crippen molar-refractivity contribution in [3.05, 3.63) is 30.1 Å². The fraction of sp³-hybridized carbons (Fsp3) is 0.200. The fourth-order valence-corrected chi connectivity index (χ4v) is 1.74. The molecule has 0 amide bonds. The molecule has 90 valence electrons. The van der Waals surface area contributed by atoms with E-state index in [-0.39, 0.29) is 6.54 Å². The maximum atomic E-state index is 11.1. The van der Waals surface area contributed by atoms with Crippen LogP contribution in [0.25, 0.3) is 11.0 Å². The van der Waals surface area contributed by atoms with Crippen LogP contribution in [0.1, 0.15) is 5.82 Å². The summed E-state index contributed by atoms with van der Waals surface area (Å²) in [6.45, 7) is 0.211. The molecule has 2 rings (SSSR count). The third-order valence-corrected chi connectivity index (χ3v) is 3.15. The Morgan fingerprint density at radius 2 is 2.35 bits per heavy atom. The molecule has 0 saturated carbocycles. The van der Waals surface area contributed by atoms with Crippen molar-refractivity contribution in [2.45, 2.75) is 6.54 Å². The predicted molar refractivity (Wildman–Crippen MR) is 65.1 cm³/mol. The number of imidazole rings is 1. The molecule has 0 aliphatic rings. The van der Waals surface area contributed by atoms with Gasteiger partial charge in [0, 0.05) is 7.11 Å². The quantitative estimate of drug-likeness (QED) is 0.643. The standard InChI is InChI=1S/C10H12N3O3P/c1-16-17(14,15)7-11-6-10-12-8-4-2-3-5-9(8)13-10/h2-5,7H,6H2,1H3,(H,12,13)(H,14,15). The second-order valence-electron chi connectivity index (χ2n) is 3.40. The fourth-order valence-electron chi connectivity index (χ4n) is 1.36. The molecule has 1 unspecified atom stereocenters. The van der Waals surface area contributed by atoms with Crippen LogP contribution in [-0.4, -0.2) is 27.9 Å². The molecule has 0 aliphatic heterocycles. The summed E-state index contributed by atoms with van der Waals surface area (Å²) in [5.74, 6) is 1.55. The Labute approximate surface area is 97.9 Å². The van der Waals surface area contributed by atoms with E-state index in [1.165, 1.54) is 0 Å². The van der Waals surface area contributed by atoms with Crippen LogP contribution in [0.2, 0.25) is 0 Å². The lowest BCUT2D eigenvalue weighted by Gasteiger charge is -1.99. The van der Waals surface area contributed by atoms with Crippen LogP contribution in [0.3, 0.4) is 0 Å². The molecule has 1 atom stereocenters. The smallest absolute Gasteiger partial charge is 0.340 e. The van der Waals surface area contributed by atoms with Crippen LogP contribution in [-0.2, 0) is 15.6 Å². The molecule has 1 aromatic heterocycles. The zero-order valence-corrected chi connectivity index (χ0v) is 10.1. The minimum atomic E-state index is -3.68. The molecule has 0 bridgehead atoms. The van der Waals surface area contributed by atoms with Gasteiger partial charge in [-0.1, -0.05) is 12.1 Å². The molecule has 2 N–H and O–H groups in total. The van der Waals surface area contributed by atoms with Crippen LogP contribution < -0.4 is 0 Å². The normalized spacial score (nSPS) is 15.4. The van der Waals surface area contributed by atoms with Crippen molar-refractivity contribution in [3.8, 4) is 0 Å². The number of fused-ring (bicyclic) bond motifs is 1. The van der Waals surface area contributed by atoms with Crippen molar-refractivity contribution in [3.63, 3.8) is 0 Å². The molecule has 0 saturated heterocycles. The largest absolute Gasteiger partial charge is 0.368 e. The number of nitrogens with zero attached hydrogens (tertiary/aromatic N) is 2. The Bertz CT molecular complexity index is 560. The summed E-state index contributed by atoms with van der Waals surface area (Å²) in [4.78, 5) is 20.3. The summed E-state index contributed by atoms with van der Waals surface area (Å²) in [7, 11) is -2.52. The van der Waals surface area contributed by atoms with Gasteiger partial charge in [0.2, 0.25) is 0 Å². The minimum absolute atomic E-state index is 0.211. The van der Waals surface area contributed by atoms with Crippen LogP contribution in [0.15, 0.2) is 29.3 Å². The van der Waals surface area contributed by atoms with E-state index in [4.69, 9.17) is 4.89 Å². The van der Waals surface area contributed by atoms with Gasteiger partial charge in [0.05, 0.1) is 17.6 Å². The first-order valence-corrected chi connectivity index (χ1v) is 6.58. The Morgan fingerprint density at radius 3 is 3.06 bits per heavy atom. The number of para-hydroxylation sites is 2. The molecule has 2 aromatic rings. The third-order valence-electron chi connectivity index (χ3n) is 2.17. The summed E-state index contributed by atoms with van der Waals surface area (Å²) in [5, 5.41) is 0. The SMILES string of the molecule is COP(=O)(O)C=NCc1nc2ccccc2[nH]1. The van der Waals surface area contributed by atoms with E-state index in [2.05, 4.69) is 19.5 Å². The Hall–Kier alpha value is -1.49. The average Bonchev–Trinajstić information content (AvgIpc) is 2.71. The van der Waals surface area contributed by atoms with Crippen molar-refractivity contribution in [1.82, 2.24) is 9.97 Å². The number of aromatic amines is 1. The zero-order chi connectivity index (χ0) is 12.3. The van der Waals surface area contributed by atoms with Gasteiger partial charge in [0.15, 0.2) is 0 Å². The molecule has 1 aromatic carbocycles. The lowest BCUT2D eigenvalue weighted by atomic mass is 10.3. The topological polar surface area (TPSA) is 87.6 Å². The number of benzene rings is 1. The van der Waals surface area contributed by atoms with Crippen molar-refractivity contribution in [2.24, 2.45) is 4.99 Å². The number of hydrogen-bond acceptors (Lipinski definition) is 4. The second kappa shape index (κ2) is 4.79. The highest BCUT2D eigenvalue weighted by molar-refractivity contribution is 7.68. The van der Waals surface area contributed by atoms with Crippen molar-refractivity contribution in [2.75, 3.05) is 7.11 Å². The molecule has 7 heteroatoms. The summed E-state index contributed by atoms with van der Waals surface area (Å²) < 4.78 is 15.5. The van der Waals surface area contributed by atoms with Gasteiger partial charge < -0.3 is 14.4 Å². The van der Waals surface area contributed by atoms with Gasteiger partial charge in [-0.05, 0) is 12.1 Å². The monoisotopic (exact) mass is 253 g/mol. The molecule has 1 heterocycles.